The summed E-state index contributed by atoms with van der Waals surface area (Å²) in [6.07, 6.45) is 0. The maximum absolute atomic E-state index is 12.0. The lowest BCUT2D eigenvalue weighted by Gasteiger charge is -2.13. The summed E-state index contributed by atoms with van der Waals surface area (Å²) in [4.78, 5) is 2.33. The summed E-state index contributed by atoms with van der Waals surface area (Å²) >= 11 is 0. The highest BCUT2D eigenvalue weighted by Crippen LogP contribution is 2.16. The van der Waals surface area contributed by atoms with Crippen molar-refractivity contribution in [2.75, 3.05) is 31.3 Å². The zero-order valence-electron chi connectivity index (χ0n) is 11.5. The molecular weight excluding hydrogens is 248 g/mol. The first-order valence-corrected chi connectivity index (χ1v) is 7.71. The second kappa shape index (κ2) is 6.20. The van der Waals surface area contributed by atoms with Crippen molar-refractivity contribution in [1.82, 2.24) is 5.32 Å². The molecule has 0 aliphatic heterocycles. The van der Waals surface area contributed by atoms with Gasteiger partial charge in [-0.2, -0.15) is 0 Å². The van der Waals surface area contributed by atoms with Crippen LogP contribution in [0.15, 0.2) is 29.2 Å². The van der Waals surface area contributed by atoms with Gasteiger partial charge in [0.05, 0.1) is 10.6 Å². The van der Waals surface area contributed by atoms with Crippen LogP contribution in [0.5, 0.6) is 0 Å². The SMILES string of the molecule is CC(C)NCCS(=O)(=O)c1ccc(N(C)C)cc1. The van der Waals surface area contributed by atoms with Crippen molar-refractivity contribution in [2.24, 2.45) is 0 Å². The summed E-state index contributed by atoms with van der Waals surface area (Å²) in [6.45, 7) is 4.48. The first-order valence-electron chi connectivity index (χ1n) is 6.06. The van der Waals surface area contributed by atoms with Crippen molar-refractivity contribution in [3.63, 3.8) is 0 Å². The highest BCUT2D eigenvalue weighted by Gasteiger charge is 2.14. The molecule has 0 aliphatic carbocycles. The average molecular weight is 270 g/mol. The van der Waals surface area contributed by atoms with Crippen LogP contribution in [0, 0.1) is 0 Å². The minimum Gasteiger partial charge on any atom is -0.378 e. The summed E-state index contributed by atoms with van der Waals surface area (Å²) < 4.78 is 24.1. The second-order valence-corrected chi connectivity index (χ2v) is 6.93. The largest absolute Gasteiger partial charge is 0.378 e. The first-order chi connectivity index (χ1) is 8.33. The Balaban J connectivity index is 2.73. The third kappa shape index (κ3) is 4.31. The van der Waals surface area contributed by atoms with Gasteiger partial charge in [0.15, 0.2) is 9.84 Å². The Labute approximate surface area is 110 Å². The van der Waals surface area contributed by atoms with Crippen molar-refractivity contribution >= 4 is 15.5 Å². The lowest BCUT2D eigenvalue weighted by atomic mass is 10.3. The number of nitrogens with one attached hydrogen (secondary N) is 1. The molecule has 0 heterocycles. The van der Waals surface area contributed by atoms with Crippen LogP contribution in [0.3, 0.4) is 0 Å². The average Bonchev–Trinajstić information content (AvgIpc) is 2.28. The standard InChI is InChI=1S/C13H22N2O2S/c1-11(2)14-9-10-18(16,17)13-7-5-12(6-8-13)15(3)4/h5-8,11,14H,9-10H2,1-4H3. The zero-order valence-corrected chi connectivity index (χ0v) is 12.3. The molecule has 0 amide bonds. The Kier molecular flexibility index (Phi) is 5.16. The lowest BCUT2D eigenvalue weighted by molar-refractivity contribution is 0.578. The minimum atomic E-state index is -3.18. The number of rotatable bonds is 6. The molecule has 0 spiro atoms. The Morgan fingerprint density at radius 3 is 2.17 bits per heavy atom. The van der Waals surface area contributed by atoms with E-state index in [-0.39, 0.29) is 5.75 Å². The molecule has 0 fully saturated rings. The Morgan fingerprint density at radius 2 is 1.72 bits per heavy atom. The number of hydrogen-bond donors (Lipinski definition) is 1. The van der Waals surface area contributed by atoms with E-state index in [0.29, 0.717) is 17.5 Å². The van der Waals surface area contributed by atoms with E-state index in [1.807, 2.05) is 45.0 Å². The first kappa shape index (κ1) is 15.0. The Bertz CT molecular complexity index is 464. The molecule has 102 valence electrons. The predicted octanol–water partition coefficient (Wildman–Crippen LogP) is 1.52. The molecule has 0 bridgehead atoms. The molecule has 0 unspecified atom stereocenters. The molecule has 0 aliphatic rings. The minimum absolute atomic E-state index is 0.131. The van der Waals surface area contributed by atoms with E-state index in [1.54, 1.807) is 12.1 Å². The highest BCUT2D eigenvalue weighted by molar-refractivity contribution is 7.91. The molecule has 4 nitrogen and oxygen atoms in total. The Hall–Kier alpha value is -1.07. The topological polar surface area (TPSA) is 49.4 Å². The third-order valence-electron chi connectivity index (χ3n) is 2.64. The van der Waals surface area contributed by atoms with Crippen molar-refractivity contribution in [3.05, 3.63) is 24.3 Å². The molecule has 5 heteroatoms. The van der Waals surface area contributed by atoms with E-state index < -0.39 is 9.84 Å². The van der Waals surface area contributed by atoms with Crippen LogP contribution in [0.1, 0.15) is 13.8 Å². The molecule has 1 N–H and O–H groups in total. The molecule has 0 saturated heterocycles. The summed E-state index contributed by atoms with van der Waals surface area (Å²) in [6, 6.07) is 7.28. The molecule has 0 radical (unpaired) electrons. The maximum atomic E-state index is 12.0. The van der Waals surface area contributed by atoms with Crippen molar-refractivity contribution in [2.45, 2.75) is 24.8 Å². The van der Waals surface area contributed by atoms with Gasteiger partial charge in [0, 0.05) is 32.4 Å². The van der Waals surface area contributed by atoms with Crippen LogP contribution in [-0.4, -0.2) is 40.9 Å². The van der Waals surface area contributed by atoms with Gasteiger partial charge in [-0.1, -0.05) is 13.8 Å². The second-order valence-electron chi connectivity index (χ2n) is 4.82. The fourth-order valence-corrected chi connectivity index (χ4v) is 2.72. The fraction of sp³-hybridized carbons (Fsp3) is 0.538. The quantitative estimate of drug-likeness (QED) is 0.851. The lowest BCUT2D eigenvalue weighted by Crippen LogP contribution is -2.28. The van der Waals surface area contributed by atoms with Gasteiger partial charge >= 0.3 is 0 Å². The van der Waals surface area contributed by atoms with Gasteiger partial charge in [-0.15, -0.1) is 0 Å². The van der Waals surface area contributed by atoms with E-state index in [9.17, 15) is 8.42 Å². The van der Waals surface area contributed by atoms with Crippen LogP contribution < -0.4 is 10.2 Å². The van der Waals surface area contributed by atoms with E-state index in [4.69, 9.17) is 0 Å². The molecule has 1 aromatic carbocycles. The monoisotopic (exact) mass is 270 g/mol. The highest BCUT2D eigenvalue weighted by atomic mass is 32.2. The van der Waals surface area contributed by atoms with Gasteiger partial charge in [0.25, 0.3) is 0 Å². The molecule has 0 atom stereocenters. The normalized spacial score (nSPS) is 11.8. The number of nitrogens with zero attached hydrogens (tertiary/aromatic N) is 1. The van der Waals surface area contributed by atoms with Crippen LogP contribution in [0.2, 0.25) is 0 Å². The van der Waals surface area contributed by atoms with Crippen LogP contribution >= 0.6 is 0 Å². The Morgan fingerprint density at radius 1 is 1.17 bits per heavy atom. The van der Waals surface area contributed by atoms with E-state index in [2.05, 4.69) is 5.32 Å². The number of anilines is 1. The molecule has 18 heavy (non-hydrogen) atoms. The zero-order chi connectivity index (χ0) is 13.8. The van der Waals surface area contributed by atoms with Gasteiger partial charge in [0.1, 0.15) is 0 Å². The van der Waals surface area contributed by atoms with E-state index in [0.717, 1.165) is 5.69 Å². The number of benzene rings is 1. The van der Waals surface area contributed by atoms with Crippen LogP contribution in [0.4, 0.5) is 5.69 Å². The number of hydrogen-bond acceptors (Lipinski definition) is 4. The summed E-state index contributed by atoms with van der Waals surface area (Å²) in [5.41, 5.74) is 0.995. The predicted molar refractivity (Wildman–Crippen MR) is 76.0 cm³/mol. The third-order valence-corrected chi connectivity index (χ3v) is 4.37. The van der Waals surface area contributed by atoms with E-state index >= 15 is 0 Å². The van der Waals surface area contributed by atoms with E-state index in [1.165, 1.54) is 0 Å². The molecule has 1 rings (SSSR count). The van der Waals surface area contributed by atoms with Gasteiger partial charge in [0.2, 0.25) is 0 Å². The van der Waals surface area contributed by atoms with Crippen molar-refractivity contribution in [1.29, 1.82) is 0 Å². The van der Waals surface area contributed by atoms with Gasteiger partial charge in [-0.05, 0) is 24.3 Å². The van der Waals surface area contributed by atoms with Crippen molar-refractivity contribution in [3.8, 4) is 0 Å². The van der Waals surface area contributed by atoms with Crippen LogP contribution in [0.25, 0.3) is 0 Å². The van der Waals surface area contributed by atoms with Gasteiger partial charge in [-0.3, -0.25) is 0 Å². The number of sulfone groups is 1. The van der Waals surface area contributed by atoms with Gasteiger partial charge < -0.3 is 10.2 Å². The summed E-state index contributed by atoms with van der Waals surface area (Å²) in [5, 5.41) is 3.11. The molecule has 1 aromatic rings. The molecule has 0 saturated carbocycles. The fourth-order valence-electron chi connectivity index (χ4n) is 1.55. The summed E-state index contributed by atoms with van der Waals surface area (Å²) in [5.74, 6) is 0.131. The van der Waals surface area contributed by atoms with Crippen LogP contribution in [-0.2, 0) is 9.84 Å². The van der Waals surface area contributed by atoms with Crippen molar-refractivity contribution < 1.29 is 8.42 Å². The smallest absolute Gasteiger partial charge is 0.179 e. The maximum Gasteiger partial charge on any atom is 0.179 e. The van der Waals surface area contributed by atoms with Gasteiger partial charge in [-0.25, -0.2) is 8.42 Å². The molecule has 0 aromatic heterocycles. The summed E-state index contributed by atoms with van der Waals surface area (Å²) in [7, 11) is 0.674. The molecular formula is C13H22N2O2S.